The molecule has 1 heterocycles. The maximum absolute atomic E-state index is 9.47. The van der Waals surface area contributed by atoms with E-state index in [0.29, 0.717) is 0 Å². The van der Waals surface area contributed by atoms with Gasteiger partial charge in [-0.3, -0.25) is 0 Å². The molecule has 1 N–H and O–H groups in total. The van der Waals surface area contributed by atoms with Crippen LogP contribution in [0.2, 0.25) is 0 Å². The van der Waals surface area contributed by atoms with Gasteiger partial charge in [-0.1, -0.05) is 0 Å². The Labute approximate surface area is 84.0 Å². The van der Waals surface area contributed by atoms with Crippen molar-refractivity contribution in [1.82, 2.24) is 0 Å². The van der Waals surface area contributed by atoms with Crippen LogP contribution in [0.15, 0.2) is 15.9 Å². The Balaban J connectivity index is 2.60. The molecule has 0 saturated heterocycles. The van der Waals surface area contributed by atoms with Gasteiger partial charge in [0.2, 0.25) is 0 Å². The fourth-order valence-corrected chi connectivity index (χ4v) is 2.48. The Hall–Kier alpha value is 0.490. The molecule has 1 aromatic rings. The highest BCUT2D eigenvalue weighted by molar-refractivity contribution is 9.10. The Kier molecular flexibility index (Phi) is 3.92. The lowest BCUT2D eigenvalue weighted by atomic mass is 10.2. The van der Waals surface area contributed by atoms with Gasteiger partial charge in [0.05, 0.1) is 6.10 Å². The highest BCUT2D eigenvalue weighted by Crippen LogP contribution is 2.27. The first kappa shape index (κ1) is 9.58. The minimum Gasteiger partial charge on any atom is -0.388 e. The van der Waals surface area contributed by atoms with Gasteiger partial charge in [0.1, 0.15) is 0 Å². The van der Waals surface area contributed by atoms with Gasteiger partial charge in [-0.25, -0.2) is 0 Å². The minimum atomic E-state index is -0.344. The van der Waals surface area contributed by atoms with Crippen molar-refractivity contribution in [3.63, 3.8) is 0 Å². The summed E-state index contributed by atoms with van der Waals surface area (Å²) in [6.45, 7) is 0. The van der Waals surface area contributed by atoms with Crippen molar-refractivity contribution in [1.29, 1.82) is 0 Å². The van der Waals surface area contributed by atoms with Crippen molar-refractivity contribution >= 4 is 39.9 Å². The summed E-state index contributed by atoms with van der Waals surface area (Å²) in [5.41, 5.74) is 0. The predicted octanol–water partition coefficient (Wildman–Crippen LogP) is 2.86. The second kappa shape index (κ2) is 4.50. The normalized spacial score (nSPS) is 13.4. The quantitative estimate of drug-likeness (QED) is 0.794. The van der Waals surface area contributed by atoms with Crippen LogP contribution in [0.1, 0.15) is 17.4 Å². The first-order chi connectivity index (χ1) is 5.24. The molecule has 1 nitrogen and oxygen atoms in total. The van der Waals surface area contributed by atoms with Crippen molar-refractivity contribution in [3.05, 3.63) is 20.8 Å². The van der Waals surface area contributed by atoms with E-state index >= 15 is 0 Å². The third-order valence-electron chi connectivity index (χ3n) is 1.32. The average molecular weight is 253 g/mol. The molecule has 1 atom stereocenters. The lowest BCUT2D eigenvalue weighted by Gasteiger charge is -2.04. The van der Waals surface area contributed by atoms with Gasteiger partial charge >= 0.3 is 0 Å². The van der Waals surface area contributed by atoms with Crippen LogP contribution in [-0.4, -0.2) is 10.9 Å². The molecule has 4 heteroatoms. The fraction of sp³-hybridized carbons (Fsp3) is 0.429. The van der Waals surface area contributed by atoms with E-state index in [4.69, 9.17) is 0 Å². The largest absolute Gasteiger partial charge is 0.388 e. The summed E-state index contributed by atoms with van der Waals surface area (Å²) in [4.78, 5) is 1.01. The number of aliphatic hydroxyl groups excluding tert-OH is 1. The predicted molar refractivity (Wildman–Crippen MR) is 55.4 cm³/mol. The monoisotopic (exact) mass is 252 g/mol. The molecule has 0 radical (unpaired) electrons. The summed E-state index contributed by atoms with van der Waals surface area (Å²) < 4.78 is 1.04. The molecule has 0 aliphatic rings. The zero-order valence-corrected chi connectivity index (χ0v) is 9.12. The number of aliphatic hydroxyl groups is 1. The molecule has 11 heavy (non-hydrogen) atoms. The van der Waals surface area contributed by atoms with Crippen LogP contribution >= 0.6 is 39.9 Å². The van der Waals surface area contributed by atoms with E-state index in [0.717, 1.165) is 21.5 Å². The van der Waals surface area contributed by atoms with E-state index < -0.39 is 0 Å². The van der Waals surface area contributed by atoms with Crippen molar-refractivity contribution in [2.75, 3.05) is 5.75 Å². The van der Waals surface area contributed by atoms with Crippen LogP contribution in [-0.2, 0) is 0 Å². The van der Waals surface area contributed by atoms with E-state index in [2.05, 4.69) is 28.6 Å². The minimum absolute atomic E-state index is 0.344. The van der Waals surface area contributed by atoms with Gasteiger partial charge in [0, 0.05) is 14.7 Å². The third kappa shape index (κ3) is 2.78. The molecular formula is C7H9BrOS2. The van der Waals surface area contributed by atoms with Gasteiger partial charge < -0.3 is 5.11 Å². The fourth-order valence-electron chi connectivity index (χ4n) is 0.768. The molecule has 0 amide bonds. The smallest absolute Gasteiger partial charge is 0.0890 e. The van der Waals surface area contributed by atoms with Crippen LogP contribution in [0.4, 0.5) is 0 Å². The number of halogens is 1. The van der Waals surface area contributed by atoms with E-state index in [1.54, 1.807) is 11.3 Å². The summed E-state index contributed by atoms with van der Waals surface area (Å²) in [6, 6.07) is 1.94. The van der Waals surface area contributed by atoms with Crippen molar-refractivity contribution in [2.45, 2.75) is 12.5 Å². The van der Waals surface area contributed by atoms with Crippen molar-refractivity contribution in [3.8, 4) is 0 Å². The first-order valence-corrected chi connectivity index (χ1v) is 5.57. The van der Waals surface area contributed by atoms with Gasteiger partial charge in [-0.15, -0.1) is 11.3 Å². The molecule has 0 bridgehead atoms. The Morgan fingerprint density at radius 1 is 1.73 bits per heavy atom. The molecular weight excluding hydrogens is 244 g/mol. The topological polar surface area (TPSA) is 20.2 Å². The Morgan fingerprint density at radius 3 is 2.91 bits per heavy atom. The maximum atomic E-state index is 9.47. The molecule has 0 fully saturated rings. The van der Waals surface area contributed by atoms with Gasteiger partial charge in [0.15, 0.2) is 0 Å². The van der Waals surface area contributed by atoms with Crippen molar-refractivity contribution < 1.29 is 5.11 Å². The zero-order valence-electron chi connectivity index (χ0n) is 5.83. The van der Waals surface area contributed by atoms with Gasteiger partial charge in [-0.05, 0) is 34.2 Å². The van der Waals surface area contributed by atoms with Crippen LogP contribution in [0.25, 0.3) is 0 Å². The van der Waals surface area contributed by atoms with E-state index in [9.17, 15) is 5.11 Å². The second-order valence-electron chi connectivity index (χ2n) is 2.20. The molecule has 1 aromatic heterocycles. The SMILES string of the molecule is OC(CCS)c1cc(Br)cs1. The Bertz CT molecular complexity index is 224. The van der Waals surface area contributed by atoms with Crippen LogP contribution < -0.4 is 0 Å². The summed E-state index contributed by atoms with van der Waals surface area (Å²) in [5.74, 6) is 0.719. The molecule has 1 unspecified atom stereocenters. The highest BCUT2D eigenvalue weighted by atomic mass is 79.9. The Morgan fingerprint density at radius 2 is 2.45 bits per heavy atom. The summed E-state index contributed by atoms with van der Waals surface area (Å²) in [5, 5.41) is 11.4. The number of hydrogen-bond donors (Lipinski definition) is 2. The second-order valence-corrected chi connectivity index (χ2v) is 4.50. The summed E-state index contributed by atoms with van der Waals surface area (Å²) in [6.07, 6.45) is 0.375. The lowest BCUT2D eigenvalue weighted by molar-refractivity contribution is 0.179. The molecule has 1 rings (SSSR count). The number of rotatable bonds is 3. The van der Waals surface area contributed by atoms with E-state index in [1.165, 1.54) is 0 Å². The van der Waals surface area contributed by atoms with E-state index in [1.807, 2.05) is 11.4 Å². The first-order valence-electron chi connectivity index (χ1n) is 3.27. The zero-order chi connectivity index (χ0) is 8.27. The number of thiol groups is 1. The molecule has 0 spiro atoms. The summed E-state index contributed by atoms with van der Waals surface area (Å²) >= 11 is 8.95. The molecule has 0 aliphatic heterocycles. The van der Waals surface area contributed by atoms with Crippen LogP contribution in [0.5, 0.6) is 0 Å². The lowest BCUT2D eigenvalue weighted by Crippen LogP contribution is -1.94. The van der Waals surface area contributed by atoms with Crippen LogP contribution in [0.3, 0.4) is 0 Å². The molecule has 0 aliphatic carbocycles. The maximum Gasteiger partial charge on any atom is 0.0890 e. The highest BCUT2D eigenvalue weighted by Gasteiger charge is 2.07. The summed E-state index contributed by atoms with van der Waals surface area (Å²) in [7, 11) is 0. The number of thiophene rings is 1. The van der Waals surface area contributed by atoms with Gasteiger partial charge in [-0.2, -0.15) is 12.6 Å². The molecule has 0 saturated carbocycles. The van der Waals surface area contributed by atoms with Crippen molar-refractivity contribution in [2.24, 2.45) is 0 Å². The molecule has 62 valence electrons. The third-order valence-corrected chi connectivity index (χ3v) is 3.37. The standard InChI is InChI=1S/C7H9BrOS2/c8-5-3-7(11-4-5)6(9)1-2-10/h3-4,6,9-10H,1-2H2. The van der Waals surface area contributed by atoms with Gasteiger partial charge in [0.25, 0.3) is 0 Å². The number of hydrogen-bond acceptors (Lipinski definition) is 3. The molecule has 0 aromatic carbocycles. The van der Waals surface area contributed by atoms with E-state index in [-0.39, 0.29) is 6.10 Å². The average Bonchev–Trinajstić information content (AvgIpc) is 2.36. The van der Waals surface area contributed by atoms with Crippen LogP contribution in [0, 0.1) is 0 Å².